The van der Waals surface area contributed by atoms with Crippen LogP contribution >= 0.6 is 11.3 Å². The largest absolute Gasteiger partial charge is 0.491 e. The van der Waals surface area contributed by atoms with Crippen LogP contribution in [0, 0.1) is 12.8 Å². The lowest BCUT2D eigenvalue weighted by atomic mass is 10.0. The maximum absolute atomic E-state index is 14.2. The van der Waals surface area contributed by atoms with Gasteiger partial charge in [-0.3, -0.25) is 24.2 Å². The van der Waals surface area contributed by atoms with Crippen LogP contribution in [-0.2, 0) is 41.1 Å². The van der Waals surface area contributed by atoms with Crippen LogP contribution in [0.2, 0.25) is 0 Å². The molecule has 0 radical (unpaired) electrons. The molecule has 0 aliphatic carbocycles. The minimum Gasteiger partial charge on any atom is -0.491 e. The number of nitrogens with one attached hydrogen (secondary N) is 1. The fourth-order valence-electron chi connectivity index (χ4n) is 8.60. The molecule has 19 heteroatoms. The second-order valence-corrected chi connectivity index (χ2v) is 18.2. The summed E-state index contributed by atoms with van der Waals surface area (Å²) in [5.74, 6) is 0.773. The number of benzene rings is 3. The first-order chi connectivity index (χ1) is 33.9. The Morgan fingerprint density at radius 1 is 0.929 bits per heavy atom. The molecule has 2 N–H and O–H groups in total. The van der Waals surface area contributed by atoms with Crippen molar-refractivity contribution in [1.82, 2.24) is 39.8 Å². The summed E-state index contributed by atoms with van der Waals surface area (Å²) < 4.78 is 31.0. The molecule has 3 atom stereocenters. The van der Waals surface area contributed by atoms with Crippen LogP contribution < -0.4 is 25.1 Å². The molecular weight excluding hydrogens is 917 g/mol. The van der Waals surface area contributed by atoms with Gasteiger partial charge in [-0.2, -0.15) is 5.10 Å². The third-order valence-electron chi connectivity index (χ3n) is 12.2. The number of amides is 3. The third-order valence-corrected chi connectivity index (χ3v) is 13.1. The van der Waals surface area contributed by atoms with Gasteiger partial charge in [0.2, 0.25) is 17.7 Å². The Labute approximate surface area is 406 Å². The lowest BCUT2D eigenvalue weighted by Crippen LogP contribution is -2.55. The summed E-state index contributed by atoms with van der Waals surface area (Å²) in [4.78, 5) is 70.7. The number of thiazole rings is 1. The van der Waals surface area contributed by atoms with Gasteiger partial charge in [-0.05, 0) is 66.4 Å². The molecule has 6 heterocycles. The molecule has 2 aliphatic heterocycles. The van der Waals surface area contributed by atoms with Gasteiger partial charge >= 0.3 is 0 Å². The molecule has 0 spiro atoms. The maximum atomic E-state index is 14.2. The van der Waals surface area contributed by atoms with Crippen LogP contribution in [-0.4, -0.2) is 109 Å². The lowest BCUT2D eigenvalue weighted by Gasteiger charge is -2.35. The Morgan fingerprint density at radius 2 is 1.74 bits per heavy atom. The van der Waals surface area contributed by atoms with E-state index in [4.69, 9.17) is 23.4 Å². The molecule has 70 heavy (non-hydrogen) atoms. The second-order valence-electron chi connectivity index (χ2n) is 17.4. The Morgan fingerprint density at radius 3 is 2.50 bits per heavy atom. The molecule has 0 unspecified atom stereocenters. The topological polar surface area (TPSA) is 214 Å². The van der Waals surface area contributed by atoms with Gasteiger partial charge < -0.3 is 43.6 Å². The number of aliphatic hydroxyl groups is 1. The van der Waals surface area contributed by atoms with E-state index in [-0.39, 0.29) is 69.2 Å². The fourth-order valence-corrected chi connectivity index (χ4v) is 9.41. The zero-order valence-corrected chi connectivity index (χ0v) is 39.9. The number of β-amino-alcohol motifs (C(OH)–C–C–N with tert-alkyl or cyclic N) is 1. The molecule has 7 aromatic rings. The standard InChI is InChI=1S/C51H52N8O10S/c1-30(2)46(59-26-34-7-5-6-8-39(34)50(59)63)51(64)58-27-36(60)22-42(58)48(62)53-24-33-10-9-32(47-31(3)54-29-70-47)21-44(33)67-20-18-65-17-19-66-38-12-11-35(52-25-38)28-68-37-13-15-43-41(23-37)55-49(69-43)40-14-16-45(61)57(4)56-40/h5-16,21,23,25,29-30,36,42,46,60H,17-20,22,24,26-28H2,1-4H3,(H,53,62)/t36-,42+,46+/m1/s1. The molecule has 9 rings (SSSR count). The van der Waals surface area contributed by atoms with Crippen molar-refractivity contribution in [3.05, 3.63) is 135 Å². The highest BCUT2D eigenvalue weighted by Crippen LogP contribution is 2.34. The minimum absolute atomic E-state index is 0.00976. The zero-order valence-electron chi connectivity index (χ0n) is 39.1. The Kier molecular flexibility index (Phi) is 14.3. The van der Waals surface area contributed by atoms with E-state index in [0.717, 1.165) is 21.7 Å². The molecule has 0 bridgehead atoms. The molecule has 2 aliphatic rings. The normalized spacial score (nSPS) is 15.9. The summed E-state index contributed by atoms with van der Waals surface area (Å²) >= 11 is 1.52. The molecule has 3 amide bonds. The maximum Gasteiger partial charge on any atom is 0.266 e. The summed E-state index contributed by atoms with van der Waals surface area (Å²) in [6.07, 6.45) is 0.808. The number of oxazole rings is 1. The first-order valence-corrected chi connectivity index (χ1v) is 23.8. The number of likely N-dealkylation sites (tertiary alicyclic amines) is 1. The van der Waals surface area contributed by atoms with Gasteiger partial charge in [-0.15, -0.1) is 11.3 Å². The second kappa shape index (κ2) is 21.0. The molecular formula is C51H52N8O10S. The average molecular weight is 969 g/mol. The number of aliphatic hydroxyl groups excluding tert-OH is 1. The zero-order chi connectivity index (χ0) is 48.9. The van der Waals surface area contributed by atoms with Crippen molar-refractivity contribution in [2.45, 2.75) is 65.1 Å². The number of nitrogens with zero attached hydrogens (tertiary/aromatic N) is 7. The number of carbonyl (C=O) groups is 3. The van der Waals surface area contributed by atoms with Gasteiger partial charge in [-0.25, -0.2) is 14.6 Å². The molecule has 362 valence electrons. The predicted octanol–water partition coefficient (Wildman–Crippen LogP) is 5.73. The first-order valence-electron chi connectivity index (χ1n) is 22.9. The number of aromatic nitrogens is 5. The summed E-state index contributed by atoms with van der Waals surface area (Å²) in [7, 11) is 1.56. The summed E-state index contributed by atoms with van der Waals surface area (Å²) in [6, 6.07) is 23.3. The van der Waals surface area contributed by atoms with Gasteiger partial charge in [0.05, 0.1) is 47.3 Å². The highest BCUT2D eigenvalue weighted by Gasteiger charge is 2.46. The monoisotopic (exact) mass is 968 g/mol. The number of hydrogen-bond acceptors (Lipinski definition) is 15. The Balaban J connectivity index is 0.750. The van der Waals surface area contributed by atoms with Crippen molar-refractivity contribution < 1.29 is 42.9 Å². The molecule has 4 aromatic heterocycles. The number of hydrogen-bond donors (Lipinski definition) is 2. The van der Waals surface area contributed by atoms with Gasteiger partial charge in [0.1, 0.15) is 60.4 Å². The Hall–Kier alpha value is -7.48. The van der Waals surface area contributed by atoms with Crippen LogP contribution in [0.5, 0.6) is 17.2 Å². The van der Waals surface area contributed by atoms with E-state index in [1.54, 1.807) is 60.1 Å². The van der Waals surface area contributed by atoms with E-state index in [9.17, 15) is 24.3 Å². The van der Waals surface area contributed by atoms with Crippen molar-refractivity contribution in [2.24, 2.45) is 13.0 Å². The summed E-state index contributed by atoms with van der Waals surface area (Å²) in [5.41, 5.74) is 7.78. The van der Waals surface area contributed by atoms with Gasteiger partial charge in [0, 0.05) is 56.4 Å². The average Bonchev–Trinajstić information content (AvgIpc) is 4.16. The number of ether oxygens (including phenoxy) is 4. The number of rotatable bonds is 19. The van der Waals surface area contributed by atoms with Gasteiger partial charge in [-0.1, -0.05) is 44.2 Å². The van der Waals surface area contributed by atoms with Crippen LogP contribution in [0.1, 0.15) is 53.1 Å². The molecule has 18 nitrogen and oxygen atoms in total. The van der Waals surface area contributed by atoms with Crippen molar-refractivity contribution in [3.63, 3.8) is 0 Å². The third kappa shape index (κ3) is 10.6. The van der Waals surface area contributed by atoms with E-state index in [0.29, 0.717) is 69.9 Å². The fraction of sp³-hybridized carbons (Fsp3) is 0.333. The number of carbonyl (C=O) groups excluding carboxylic acids is 3. The van der Waals surface area contributed by atoms with E-state index in [1.807, 2.05) is 63.2 Å². The van der Waals surface area contributed by atoms with Crippen LogP contribution in [0.3, 0.4) is 0 Å². The molecule has 1 saturated heterocycles. The molecule has 3 aromatic carbocycles. The highest BCUT2D eigenvalue weighted by molar-refractivity contribution is 7.13. The number of pyridine rings is 1. The summed E-state index contributed by atoms with van der Waals surface area (Å²) in [5, 5.41) is 17.9. The van der Waals surface area contributed by atoms with Crippen LogP contribution in [0.25, 0.3) is 33.1 Å². The van der Waals surface area contributed by atoms with E-state index >= 15 is 0 Å². The van der Waals surface area contributed by atoms with Crippen molar-refractivity contribution in [1.29, 1.82) is 0 Å². The van der Waals surface area contributed by atoms with Gasteiger partial charge in [0.15, 0.2) is 5.58 Å². The van der Waals surface area contributed by atoms with Crippen molar-refractivity contribution in [3.8, 4) is 39.3 Å². The minimum atomic E-state index is -0.922. The summed E-state index contributed by atoms with van der Waals surface area (Å²) in [6.45, 7) is 7.36. The van der Waals surface area contributed by atoms with E-state index in [2.05, 4.69) is 25.4 Å². The van der Waals surface area contributed by atoms with Crippen LogP contribution in [0.15, 0.2) is 106 Å². The number of aryl methyl sites for hydroxylation is 2. The SMILES string of the molecule is Cc1ncsc1-c1ccc(CNC(=O)[C@@H]2C[C@@H](O)CN2C(=O)[C@H](C(C)C)N2Cc3ccccc3C2=O)c(OCCOCCOc2ccc(COc3ccc4oc(-c5ccc(=O)n(C)n5)nc4c3)nc2)c1. The van der Waals surface area contributed by atoms with E-state index in [1.165, 1.54) is 27.0 Å². The van der Waals surface area contributed by atoms with E-state index < -0.39 is 24.1 Å². The Bertz CT molecular complexity index is 3080. The lowest BCUT2D eigenvalue weighted by molar-refractivity contribution is -0.143. The number of fused-ring (bicyclic) bond motifs is 2. The van der Waals surface area contributed by atoms with Gasteiger partial charge in [0.25, 0.3) is 11.5 Å². The molecule has 1 fully saturated rings. The molecule has 0 saturated carbocycles. The highest BCUT2D eigenvalue weighted by atomic mass is 32.1. The van der Waals surface area contributed by atoms with Crippen molar-refractivity contribution in [2.75, 3.05) is 33.0 Å². The van der Waals surface area contributed by atoms with Crippen LogP contribution in [0.4, 0.5) is 0 Å². The van der Waals surface area contributed by atoms with Crippen molar-refractivity contribution >= 4 is 40.2 Å². The first kappa shape index (κ1) is 47.6. The quantitative estimate of drug-likeness (QED) is 0.0928. The smallest absolute Gasteiger partial charge is 0.266 e. The predicted molar refractivity (Wildman–Crippen MR) is 258 cm³/mol.